The zero-order chi connectivity index (χ0) is 25.3. The van der Waals surface area contributed by atoms with Crippen LogP contribution >= 0.6 is 11.6 Å². The van der Waals surface area contributed by atoms with E-state index in [1.165, 1.54) is 49.4 Å². The van der Waals surface area contributed by atoms with Crippen LogP contribution in [-0.4, -0.2) is 59.8 Å². The van der Waals surface area contributed by atoms with Crippen LogP contribution in [0.2, 0.25) is 5.02 Å². The van der Waals surface area contributed by atoms with Gasteiger partial charge in [-0.2, -0.15) is 0 Å². The number of nitrogens with one attached hydrogen (secondary N) is 1. The molecule has 2 aromatic rings. The number of carbonyl (C=O) groups excluding carboxylic acids is 4. The summed E-state index contributed by atoms with van der Waals surface area (Å²) in [5.41, 5.74) is 0.442. The van der Waals surface area contributed by atoms with Crippen LogP contribution in [-0.2, 0) is 14.4 Å². The largest absolute Gasteiger partial charge is 0.367 e. The van der Waals surface area contributed by atoms with Crippen LogP contribution in [0.5, 0.6) is 0 Å². The van der Waals surface area contributed by atoms with E-state index in [0.29, 0.717) is 36.9 Å². The van der Waals surface area contributed by atoms with Crippen molar-refractivity contribution in [2.45, 2.75) is 6.92 Å². The Morgan fingerprint density at radius 2 is 1.71 bits per heavy atom. The smallest absolute Gasteiger partial charge is 0.335 e. The number of nitro benzene ring substituents is 1. The molecule has 0 aromatic heterocycles. The van der Waals surface area contributed by atoms with Crippen LogP contribution in [0.4, 0.5) is 21.9 Å². The summed E-state index contributed by atoms with van der Waals surface area (Å²) < 4.78 is 0. The van der Waals surface area contributed by atoms with E-state index >= 15 is 0 Å². The monoisotopic (exact) mass is 497 g/mol. The zero-order valence-electron chi connectivity index (χ0n) is 18.6. The minimum Gasteiger partial charge on any atom is -0.367 e. The van der Waals surface area contributed by atoms with E-state index in [9.17, 15) is 29.3 Å². The van der Waals surface area contributed by atoms with Crippen molar-refractivity contribution in [3.05, 3.63) is 68.7 Å². The number of benzene rings is 2. The van der Waals surface area contributed by atoms with Gasteiger partial charge in [0.05, 0.1) is 10.6 Å². The standard InChI is InChI=1S/C23H20ClN5O6/c1-14(30)26-8-10-27(11-9-26)20-7-6-18(29(34)35)12-15(20)13-19-21(31)25-23(33)28(22(19)32)17-4-2-16(24)3-5-17/h2-7,12-13H,8-11H2,1H3,(H,25,31,33)/b19-13-. The molecule has 35 heavy (non-hydrogen) atoms. The molecule has 2 aliphatic heterocycles. The molecule has 0 bridgehead atoms. The Morgan fingerprint density at radius 1 is 1.06 bits per heavy atom. The first-order chi connectivity index (χ1) is 16.7. The van der Waals surface area contributed by atoms with Gasteiger partial charge in [0, 0.05) is 61.5 Å². The van der Waals surface area contributed by atoms with Crippen molar-refractivity contribution in [2.24, 2.45) is 0 Å². The van der Waals surface area contributed by atoms with Gasteiger partial charge in [0.25, 0.3) is 17.5 Å². The maximum atomic E-state index is 13.2. The molecule has 5 amide bonds. The summed E-state index contributed by atoms with van der Waals surface area (Å²) in [6.45, 7) is 3.33. The first kappa shape index (κ1) is 23.9. The fourth-order valence-corrected chi connectivity index (χ4v) is 4.08. The second-order valence-corrected chi connectivity index (χ2v) is 8.36. The number of piperazine rings is 1. The predicted octanol–water partition coefficient (Wildman–Crippen LogP) is 2.58. The molecule has 0 aliphatic carbocycles. The lowest BCUT2D eigenvalue weighted by molar-refractivity contribution is -0.384. The molecule has 0 atom stereocenters. The first-order valence-corrected chi connectivity index (χ1v) is 11.0. The lowest BCUT2D eigenvalue weighted by Gasteiger charge is -2.36. The number of nitrogens with zero attached hydrogens (tertiary/aromatic N) is 4. The molecule has 2 saturated heterocycles. The Bertz CT molecular complexity index is 1270. The quantitative estimate of drug-likeness (QED) is 0.297. The number of hydrogen-bond acceptors (Lipinski definition) is 7. The SMILES string of the molecule is CC(=O)N1CCN(c2ccc([N+](=O)[O-])cc2/C=C2/C(=O)NC(=O)N(c3ccc(Cl)cc3)C2=O)CC1. The van der Waals surface area contributed by atoms with Gasteiger partial charge in [0.2, 0.25) is 5.91 Å². The number of nitro groups is 1. The highest BCUT2D eigenvalue weighted by molar-refractivity contribution is 6.39. The number of urea groups is 1. The number of amides is 5. The van der Waals surface area contributed by atoms with Gasteiger partial charge < -0.3 is 9.80 Å². The molecule has 2 aromatic carbocycles. The maximum absolute atomic E-state index is 13.2. The second-order valence-electron chi connectivity index (χ2n) is 7.93. The summed E-state index contributed by atoms with van der Waals surface area (Å²) in [6, 6.07) is 9.14. The minimum atomic E-state index is -0.918. The molecule has 12 heteroatoms. The first-order valence-electron chi connectivity index (χ1n) is 10.6. The molecule has 11 nitrogen and oxygen atoms in total. The Morgan fingerprint density at radius 3 is 2.31 bits per heavy atom. The molecule has 1 N–H and O–H groups in total. The minimum absolute atomic E-state index is 0.0490. The summed E-state index contributed by atoms with van der Waals surface area (Å²) in [5, 5.41) is 13.9. The third kappa shape index (κ3) is 4.85. The predicted molar refractivity (Wildman–Crippen MR) is 128 cm³/mol. The van der Waals surface area contributed by atoms with Crippen molar-refractivity contribution in [2.75, 3.05) is 36.0 Å². The van der Waals surface area contributed by atoms with Crippen molar-refractivity contribution in [3.8, 4) is 0 Å². The average molecular weight is 498 g/mol. The third-order valence-electron chi connectivity index (χ3n) is 5.77. The highest BCUT2D eigenvalue weighted by Crippen LogP contribution is 2.30. The van der Waals surface area contributed by atoms with Crippen LogP contribution in [0.3, 0.4) is 0 Å². The van der Waals surface area contributed by atoms with Gasteiger partial charge in [0.15, 0.2) is 0 Å². The lowest BCUT2D eigenvalue weighted by Crippen LogP contribution is -2.54. The topological polar surface area (TPSA) is 133 Å². The van der Waals surface area contributed by atoms with Crippen molar-refractivity contribution in [1.82, 2.24) is 10.2 Å². The molecule has 0 radical (unpaired) electrons. The van der Waals surface area contributed by atoms with Crippen molar-refractivity contribution in [3.63, 3.8) is 0 Å². The Kier molecular flexibility index (Phi) is 6.52. The van der Waals surface area contributed by atoms with Crippen molar-refractivity contribution >= 4 is 58.5 Å². The summed E-state index contributed by atoms with van der Waals surface area (Å²) in [5.74, 6) is -1.84. The van der Waals surface area contributed by atoms with Crippen LogP contribution in [0.25, 0.3) is 6.08 Å². The molecule has 0 unspecified atom stereocenters. The normalized spacial score (nSPS) is 17.6. The third-order valence-corrected chi connectivity index (χ3v) is 6.03. The van der Waals surface area contributed by atoms with E-state index in [1.54, 1.807) is 11.0 Å². The van der Waals surface area contributed by atoms with Crippen LogP contribution in [0.15, 0.2) is 48.0 Å². The molecule has 0 saturated carbocycles. The number of rotatable bonds is 4. The van der Waals surface area contributed by atoms with Crippen LogP contribution < -0.4 is 15.1 Å². The van der Waals surface area contributed by atoms with Crippen molar-refractivity contribution < 1.29 is 24.1 Å². The number of imide groups is 2. The number of halogens is 1. The van der Waals surface area contributed by atoms with E-state index in [0.717, 1.165) is 4.90 Å². The Hall–Kier alpha value is -4.25. The van der Waals surface area contributed by atoms with Gasteiger partial charge in [-0.3, -0.25) is 29.8 Å². The molecular weight excluding hydrogens is 478 g/mol. The van der Waals surface area contributed by atoms with Gasteiger partial charge in [-0.1, -0.05) is 11.6 Å². The van der Waals surface area contributed by atoms with E-state index in [4.69, 9.17) is 11.6 Å². The van der Waals surface area contributed by atoms with E-state index < -0.39 is 22.8 Å². The Labute approximate surface area is 204 Å². The number of non-ortho nitro benzene ring substituents is 1. The number of anilines is 2. The van der Waals surface area contributed by atoms with Gasteiger partial charge in [-0.05, 0) is 36.4 Å². The van der Waals surface area contributed by atoms with E-state index in [-0.39, 0.29) is 28.4 Å². The number of barbiturate groups is 1. The van der Waals surface area contributed by atoms with Crippen LogP contribution in [0, 0.1) is 10.1 Å². The fourth-order valence-electron chi connectivity index (χ4n) is 3.96. The van der Waals surface area contributed by atoms with E-state index in [2.05, 4.69) is 5.32 Å². The summed E-state index contributed by atoms with van der Waals surface area (Å²) in [7, 11) is 0. The molecule has 0 spiro atoms. The molecule has 4 rings (SSSR count). The van der Waals surface area contributed by atoms with Gasteiger partial charge in [-0.15, -0.1) is 0 Å². The number of carbonyl (C=O) groups is 4. The average Bonchev–Trinajstić information content (AvgIpc) is 2.82. The second kappa shape index (κ2) is 9.55. The summed E-state index contributed by atoms with van der Waals surface area (Å²) in [4.78, 5) is 65.1. The highest BCUT2D eigenvalue weighted by atomic mass is 35.5. The van der Waals surface area contributed by atoms with Gasteiger partial charge in [0.1, 0.15) is 5.57 Å². The zero-order valence-corrected chi connectivity index (χ0v) is 19.3. The molecule has 180 valence electrons. The van der Waals surface area contributed by atoms with Gasteiger partial charge in [-0.25, -0.2) is 9.69 Å². The molecule has 2 heterocycles. The molecular formula is C23H20ClN5O6. The van der Waals surface area contributed by atoms with Gasteiger partial charge >= 0.3 is 6.03 Å². The summed E-state index contributed by atoms with van der Waals surface area (Å²) in [6.07, 6.45) is 1.24. The number of hydrogen-bond donors (Lipinski definition) is 1. The van der Waals surface area contributed by atoms with Crippen molar-refractivity contribution in [1.29, 1.82) is 0 Å². The molecule has 2 fully saturated rings. The molecule has 2 aliphatic rings. The fraction of sp³-hybridized carbons (Fsp3) is 0.217. The maximum Gasteiger partial charge on any atom is 0.335 e. The van der Waals surface area contributed by atoms with E-state index in [1.807, 2.05) is 4.90 Å². The van der Waals surface area contributed by atoms with Crippen LogP contribution in [0.1, 0.15) is 12.5 Å². The highest BCUT2D eigenvalue weighted by Gasteiger charge is 2.37. The Balaban J connectivity index is 1.74. The summed E-state index contributed by atoms with van der Waals surface area (Å²) >= 11 is 5.89. The lowest BCUT2D eigenvalue weighted by atomic mass is 10.0.